The standard InChI is InChI=1S/C18H22N4O2/c1-21(2)17-8-7-14(11-19-17)20-18(24)22-10-9-13-5-3-4-6-15(13)16(22)12-23/h3-8,11,16,23H,9-10,12H2,1-2H3,(H,20,24). The molecule has 0 fully saturated rings. The molecule has 0 saturated carbocycles. The van der Waals surface area contributed by atoms with Crippen molar-refractivity contribution in [3.63, 3.8) is 0 Å². The molecule has 6 nitrogen and oxygen atoms in total. The quantitative estimate of drug-likeness (QED) is 0.908. The number of anilines is 2. The number of pyridine rings is 1. The van der Waals surface area contributed by atoms with Gasteiger partial charge in [-0.3, -0.25) is 0 Å². The number of benzene rings is 1. The first-order valence-corrected chi connectivity index (χ1v) is 8.00. The first-order valence-electron chi connectivity index (χ1n) is 8.00. The van der Waals surface area contributed by atoms with Gasteiger partial charge in [-0.1, -0.05) is 24.3 Å². The van der Waals surface area contributed by atoms with Gasteiger partial charge in [-0.15, -0.1) is 0 Å². The number of carbonyl (C=O) groups excluding carboxylic acids is 1. The van der Waals surface area contributed by atoms with Crippen LogP contribution < -0.4 is 10.2 Å². The minimum Gasteiger partial charge on any atom is -0.394 e. The highest BCUT2D eigenvalue weighted by atomic mass is 16.3. The van der Waals surface area contributed by atoms with Crippen LogP contribution in [0.3, 0.4) is 0 Å². The maximum atomic E-state index is 12.6. The van der Waals surface area contributed by atoms with Crippen LogP contribution in [-0.2, 0) is 6.42 Å². The van der Waals surface area contributed by atoms with E-state index >= 15 is 0 Å². The zero-order valence-electron chi connectivity index (χ0n) is 13.9. The molecule has 2 heterocycles. The fourth-order valence-corrected chi connectivity index (χ4v) is 3.01. The Morgan fingerprint density at radius 3 is 2.79 bits per heavy atom. The summed E-state index contributed by atoms with van der Waals surface area (Å²) in [5.41, 5.74) is 2.85. The van der Waals surface area contributed by atoms with Crippen molar-refractivity contribution in [2.24, 2.45) is 0 Å². The van der Waals surface area contributed by atoms with Gasteiger partial charge in [-0.05, 0) is 29.7 Å². The van der Waals surface area contributed by atoms with Gasteiger partial charge in [0, 0.05) is 20.6 Å². The minimum atomic E-state index is -0.316. The summed E-state index contributed by atoms with van der Waals surface area (Å²) in [6.45, 7) is 0.486. The van der Waals surface area contributed by atoms with Crippen LogP contribution in [0.15, 0.2) is 42.6 Å². The molecule has 1 aliphatic heterocycles. The Labute approximate surface area is 141 Å². The number of aromatic nitrogens is 1. The van der Waals surface area contributed by atoms with Crippen molar-refractivity contribution in [2.75, 3.05) is 37.5 Å². The number of fused-ring (bicyclic) bond motifs is 1. The third-order valence-electron chi connectivity index (χ3n) is 4.30. The molecule has 1 unspecified atom stereocenters. The van der Waals surface area contributed by atoms with E-state index in [4.69, 9.17) is 0 Å². The van der Waals surface area contributed by atoms with E-state index < -0.39 is 0 Å². The molecule has 1 aromatic carbocycles. The predicted octanol–water partition coefficient (Wildman–Crippen LogP) is 2.27. The Morgan fingerprint density at radius 1 is 1.33 bits per heavy atom. The lowest BCUT2D eigenvalue weighted by molar-refractivity contribution is 0.135. The summed E-state index contributed by atoms with van der Waals surface area (Å²) in [6, 6.07) is 11.1. The van der Waals surface area contributed by atoms with E-state index in [0.717, 1.165) is 17.8 Å². The molecule has 1 aromatic heterocycles. The molecule has 6 heteroatoms. The highest BCUT2D eigenvalue weighted by Crippen LogP contribution is 2.29. The van der Waals surface area contributed by atoms with Crippen LogP contribution in [0.2, 0.25) is 0 Å². The summed E-state index contributed by atoms with van der Waals surface area (Å²) in [5, 5.41) is 12.6. The molecule has 126 valence electrons. The number of urea groups is 1. The molecule has 3 rings (SSSR count). The largest absolute Gasteiger partial charge is 0.394 e. The van der Waals surface area contributed by atoms with Crippen LogP contribution in [0.25, 0.3) is 0 Å². The maximum absolute atomic E-state index is 12.6. The maximum Gasteiger partial charge on any atom is 0.322 e. The van der Waals surface area contributed by atoms with Gasteiger partial charge < -0.3 is 20.2 Å². The molecule has 0 bridgehead atoms. The second-order valence-corrected chi connectivity index (χ2v) is 6.07. The molecule has 2 aromatic rings. The molecule has 24 heavy (non-hydrogen) atoms. The van der Waals surface area contributed by atoms with Gasteiger partial charge in [0.15, 0.2) is 0 Å². The highest BCUT2D eigenvalue weighted by molar-refractivity contribution is 5.89. The van der Waals surface area contributed by atoms with Gasteiger partial charge in [0.2, 0.25) is 0 Å². The Kier molecular flexibility index (Phi) is 4.66. The summed E-state index contributed by atoms with van der Waals surface area (Å²) >= 11 is 0. The topological polar surface area (TPSA) is 68.7 Å². The number of aliphatic hydroxyl groups excluding tert-OH is 1. The zero-order valence-corrected chi connectivity index (χ0v) is 13.9. The monoisotopic (exact) mass is 326 g/mol. The summed E-state index contributed by atoms with van der Waals surface area (Å²) < 4.78 is 0. The second kappa shape index (κ2) is 6.88. The average molecular weight is 326 g/mol. The van der Waals surface area contributed by atoms with E-state index in [1.807, 2.05) is 49.3 Å². The molecule has 2 N–H and O–H groups in total. The Balaban J connectivity index is 1.75. The lowest BCUT2D eigenvalue weighted by Crippen LogP contribution is -2.43. The number of nitrogens with zero attached hydrogens (tertiary/aromatic N) is 3. The van der Waals surface area contributed by atoms with Crippen molar-refractivity contribution in [2.45, 2.75) is 12.5 Å². The van der Waals surface area contributed by atoms with Gasteiger partial charge in [-0.25, -0.2) is 9.78 Å². The van der Waals surface area contributed by atoms with Crippen LogP contribution >= 0.6 is 0 Å². The first-order chi connectivity index (χ1) is 11.6. The van der Waals surface area contributed by atoms with E-state index in [0.29, 0.717) is 12.2 Å². The fraction of sp³-hybridized carbons (Fsp3) is 0.333. The summed E-state index contributed by atoms with van der Waals surface area (Å²) in [5.74, 6) is 0.827. The Bertz CT molecular complexity index is 715. The molecule has 1 atom stereocenters. The molecule has 2 amide bonds. The van der Waals surface area contributed by atoms with Crippen LogP contribution in [0.5, 0.6) is 0 Å². The second-order valence-electron chi connectivity index (χ2n) is 6.07. The number of aliphatic hydroxyl groups is 1. The van der Waals surface area contributed by atoms with Crippen molar-refractivity contribution in [1.82, 2.24) is 9.88 Å². The number of nitrogens with one attached hydrogen (secondary N) is 1. The number of hydrogen-bond acceptors (Lipinski definition) is 4. The molecule has 0 aliphatic carbocycles. The van der Waals surface area contributed by atoms with Gasteiger partial charge in [0.25, 0.3) is 0 Å². The third-order valence-corrected chi connectivity index (χ3v) is 4.30. The van der Waals surface area contributed by atoms with Crippen LogP contribution in [0.1, 0.15) is 17.2 Å². The fourth-order valence-electron chi connectivity index (χ4n) is 3.01. The van der Waals surface area contributed by atoms with E-state index in [2.05, 4.69) is 16.4 Å². The minimum absolute atomic E-state index is 0.0950. The summed E-state index contributed by atoms with van der Waals surface area (Å²) in [4.78, 5) is 20.5. The predicted molar refractivity (Wildman–Crippen MR) is 94.3 cm³/mol. The van der Waals surface area contributed by atoms with Crippen molar-refractivity contribution in [3.8, 4) is 0 Å². The molecular weight excluding hydrogens is 304 g/mol. The van der Waals surface area contributed by atoms with Crippen LogP contribution in [0, 0.1) is 0 Å². The van der Waals surface area contributed by atoms with Gasteiger partial charge in [0.1, 0.15) is 5.82 Å². The molecule has 1 aliphatic rings. The van der Waals surface area contributed by atoms with Crippen LogP contribution in [0.4, 0.5) is 16.3 Å². The molecule has 0 spiro atoms. The van der Waals surface area contributed by atoms with Crippen molar-refractivity contribution in [1.29, 1.82) is 0 Å². The number of hydrogen-bond donors (Lipinski definition) is 2. The molecule has 0 radical (unpaired) electrons. The smallest absolute Gasteiger partial charge is 0.322 e. The summed E-state index contributed by atoms with van der Waals surface area (Å²) in [6.07, 6.45) is 2.43. The van der Waals surface area contributed by atoms with Crippen LogP contribution in [-0.4, -0.2) is 48.3 Å². The lowest BCUT2D eigenvalue weighted by Gasteiger charge is -2.36. The number of carbonyl (C=O) groups is 1. The van der Waals surface area contributed by atoms with E-state index in [1.54, 1.807) is 11.1 Å². The normalized spacial score (nSPS) is 16.5. The van der Waals surface area contributed by atoms with Crippen molar-refractivity contribution >= 4 is 17.5 Å². The SMILES string of the molecule is CN(C)c1ccc(NC(=O)N2CCc3ccccc3C2CO)cn1. The summed E-state index contributed by atoms with van der Waals surface area (Å²) in [7, 11) is 3.83. The molecule has 0 saturated heterocycles. The van der Waals surface area contributed by atoms with Gasteiger partial charge >= 0.3 is 6.03 Å². The van der Waals surface area contributed by atoms with E-state index in [1.165, 1.54) is 5.56 Å². The Hall–Kier alpha value is -2.60. The van der Waals surface area contributed by atoms with Gasteiger partial charge in [0.05, 0.1) is 24.5 Å². The first kappa shape index (κ1) is 16.3. The van der Waals surface area contributed by atoms with E-state index in [-0.39, 0.29) is 18.7 Å². The van der Waals surface area contributed by atoms with Crippen molar-refractivity contribution < 1.29 is 9.90 Å². The van der Waals surface area contributed by atoms with E-state index in [9.17, 15) is 9.90 Å². The van der Waals surface area contributed by atoms with Gasteiger partial charge in [-0.2, -0.15) is 0 Å². The Morgan fingerprint density at radius 2 is 2.12 bits per heavy atom. The lowest BCUT2D eigenvalue weighted by atomic mass is 9.93. The van der Waals surface area contributed by atoms with Crippen molar-refractivity contribution in [3.05, 3.63) is 53.7 Å². The highest BCUT2D eigenvalue weighted by Gasteiger charge is 2.30. The number of rotatable bonds is 3. The zero-order chi connectivity index (χ0) is 17.1. The molecular formula is C18H22N4O2. The number of amides is 2. The average Bonchev–Trinajstić information content (AvgIpc) is 2.61. The third kappa shape index (κ3) is 3.19.